The molecule has 0 saturated carbocycles. The van der Waals surface area contributed by atoms with Crippen molar-refractivity contribution < 1.29 is 47.2 Å². The average molecular weight is 739 g/mol. The van der Waals surface area contributed by atoms with Gasteiger partial charge in [-0.2, -0.15) is 4.98 Å². The van der Waals surface area contributed by atoms with Crippen molar-refractivity contribution in [1.82, 2.24) is 19.5 Å². The predicted molar refractivity (Wildman–Crippen MR) is 183 cm³/mol. The number of hydrogen-bond acceptors (Lipinski definition) is 13. The Bertz CT molecular complexity index is 1590. The van der Waals surface area contributed by atoms with Gasteiger partial charge < -0.3 is 28.4 Å². The molecule has 16 heteroatoms. The van der Waals surface area contributed by atoms with Crippen molar-refractivity contribution >= 4 is 52.6 Å². The van der Waals surface area contributed by atoms with Crippen LogP contribution in [0.2, 0.25) is 5.28 Å². The normalized spacial score (nSPS) is 19.4. The quantitative estimate of drug-likeness (QED) is 0.0302. The fourth-order valence-corrected chi connectivity index (χ4v) is 6.44. The van der Waals surface area contributed by atoms with Crippen LogP contribution in [0.25, 0.3) is 11.2 Å². The van der Waals surface area contributed by atoms with Gasteiger partial charge in [-0.3, -0.25) is 4.57 Å². The molecule has 4 atom stereocenters. The molecule has 3 aromatic rings. The van der Waals surface area contributed by atoms with E-state index in [0.29, 0.717) is 16.1 Å². The molecule has 0 unspecified atom stereocenters. The van der Waals surface area contributed by atoms with Crippen molar-refractivity contribution in [1.29, 1.82) is 0 Å². The minimum Gasteiger partial charge on any atom is -0.463 e. The summed E-state index contributed by atoms with van der Waals surface area (Å²) in [6, 6.07) is 8.66. The van der Waals surface area contributed by atoms with Crippen molar-refractivity contribution in [3.05, 3.63) is 47.5 Å². The number of halogens is 2. The number of benzene rings is 1. The topological polar surface area (TPSA) is 150 Å². The molecule has 0 amide bonds. The molecule has 3 heterocycles. The first-order valence-corrected chi connectivity index (χ1v) is 17.9. The van der Waals surface area contributed by atoms with E-state index in [1.165, 1.54) is 22.7 Å². The van der Waals surface area contributed by atoms with Gasteiger partial charge in [0.05, 0.1) is 26.1 Å². The van der Waals surface area contributed by atoms with Gasteiger partial charge in [0.2, 0.25) is 5.28 Å². The molecule has 2 aromatic heterocycles. The standard InChI is InChI=1S/C34H44ClFN4O9S/c1-7-10-14-17-50-27-24-26(38-31(35)39-27)40(20-37-24)28-23(36)25(48-32(43)49-33(4,5)6)22(47-28)19-46-34(29(41)44-8-2,30(42)45-9-3)18-21-15-12-11-13-16-21/h11-13,15-16,20,22-23,25,28H,7-10,14,17-19H2,1-6H3/t22-,23+,25-,28-/m1/s1. The number of imidazole rings is 1. The molecule has 13 nitrogen and oxygen atoms in total. The van der Waals surface area contributed by atoms with E-state index in [2.05, 4.69) is 21.9 Å². The van der Waals surface area contributed by atoms with Gasteiger partial charge in [-0.25, -0.2) is 28.7 Å². The summed E-state index contributed by atoms with van der Waals surface area (Å²) in [5.74, 6) is -1.24. The van der Waals surface area contributed by atoms with Crippen LogP contribution in [0.5, 0.6) is 0 Å². The average Bonchev–Trinajstić information content (AvgIpc) is 3.61. The Morgan fingerprint density at radius 3 is 2.32 bits per heavy atom. The molecular formula is C34H44ClFN4O9S. The second-order valence-corrected chi connectivity index (χ2v) is 13.9. The van der Waals surface area contributed by atoms with E-state index < -0.39 is 60.5 Å². The second kappa shape index (κ2) is 17.6. The third-order valence-electron chi connectivity index (χ3n) is 7.51. The van der Waals surface area contributed by atoms with Gasteiger partial charge in [0.1, 0.15) is 22.2 Å². The minimum absolute atomic E-state index is 0.0614. The number of nitrogens with zero attached hydrogens (tertiary/aromatic N) is 4. The van der Waals surface area contributed by atoms with Crippen LogP contribution in [0.1, 0.15) is 72.6 Å². The number of alkyl halides is 1. The molecule has 274 valence electrons. The summed E-state index contributed by atoms with van der Waals surface area (Å²) in [7, 11) is 0. The lowest BCUT2D eigenvalue weighted by atomic mass is 9.93. The molecule has 0 aliphatic carbocycles. The zero-order valence-corrected chi connectivity index (χ0v) is 30.6. The van der Waals surface area contributed by atoms with Crippen LogP contribution in [0.4, 0.5) is 9.18 Å². The van der Waals surface area contributed by atoms with Gasteiger partial charge in [0.15, 0.2) is 24.2 Å². The van der Waals surface area contributed by atoms with Crippen LogP contribution < -0.4 is 0 Å². The number of unbranched alkanes of at least 4 members (excludes halogenated alkanes) is 2. The lowest BCUT2D eigenvalue weighted by Gasteiger charge is -2.31. The van der Waals surface area contributed by atoms with E-state index in [1.54, 1.807) is 65.0 Å². The van der Waals surface area contributed by atoms with Crippen molar-refractivity contribution in [2.45, 2.75) is 108 Å². The monoisotopic (exact) mass is 738 g/mol. The third kappa shape index (κ3) is 9.62. The summed E-state index contributed by atoms with van der Waals surface area (Å²) in [5, 5.41) is 0.459. The van der Waals surface area contributed by atoms with E-state index in [4.69, 9.17) is 40.0 Å². The van der Waals surface area contributed by atoms with Crippen LogP contribution in [0, 0.1) is 0 Å². The number of carbonyl (C=O) groups excluding carboxylic acids is 3. The maximum Gasteiger partial charge on any atom is 0.509 e. The van der Waals surface area contributed by atoms with Gasteiger partial charge >= 0.3 is 18.1 Å². The van der Waals surface area contributed by atoms with E-state index >= 15 is 4.39 Å². The van der Waals surface area contributed by atoms with Crippen molar-refractivity contribution in [2.75, 3.05) is 25.6 Å². The van der Waals surface area contributed by atoms with Gasteiger partial charge in [-0.05, 0) is 64.0 Å². The highest BCUT2D eigenvalue weighted by molar-refractivity contribution is 7.99. The summed E-state index contributed by atoms with van der Waals surface area (Å²) in [4.78, 5) is 53.0. The fourth-order valence-electron chi connectivity index (χ4n) is 5.25. The summed E-state index contributed by atoms with van der Waals surface area (Å²) in [6.45, 7) is 9.44. The van der Waals surface area contributed by atoms with E-state index in [9.17, 15) is 14.4 Å². The zero-order chi connectivity index (χ0) is 36.5. The summed E-state index contributed by atoms with van der Waals surface area (Å²) < 4.78 is 51.6. The highest BCUT2D eigenvalue weighted by Gasteiger charge is 2.55. The summed E-state index contributed by atoms with van der Waals surface area (Å²) in [6.07, 6.45) is -3.47. The van der Waals surface area contributed by atoms with Crippen LogP contribution in [-0.4, -0.2) is 92.8 Å². The Kier molecular flexibility index (Phi) is 13.8. The molecule has 0 bridgehead atoms. The molecule has 50 heavy (non-hydrogen) atoms. The smallest absolute Gasteiger partial charge is 0.463 e. The second-order valence-electron chi connectivity index (χ2n) is 12.5. The predicted octanol–water partition coefficient (Wildman–Crippen LogP) is 6.44. The van der Waals surface area contributed by atoms with Crippen LogP contribution in [-0.2, 0) is 44.4 Å². The lowest BCUT2D eigenvalue weighted by Crippen LogP contribution is -2.54. The van der Waals surface area contributed by atoms with E-state index in [-0.39, 0.29) is 30.6 Å². The Balaban J connectivity index is 1.71. The number of thioether (sulfide) groups is 1. The van der Waals surface area contributed by atoms with Crippen LogP contribution >= 0.6 is 23.4 Å². The fraction of sp³-hybridized carbons (Fsp3) is 0.588. The minimum atomic E-state index is -2.30. The van der Waals surface area contributed by atoms with Crippen molar-refractivity contribution in [3.63, 3.8) is 0 Å². The number of rotatable bonds is 16. The maximum atomic E-state index is 16.6. The van der Waals surface area contributed by atoms with E-state index in [0.717, 1.165) is 25.0 Å². The summed E-state index contributed by atoms with van der Waals surface area (Å²) in [5.41, 5.74) is -2.10. The molecule has 0 N–H and O–H groups in total. The molecule has 0 radical (unpaired) electrons. The molecule has 1 fully saturated rings. The first-order valence-electron chi connectivity index (χ1n) is 16.6. The third-order valence-corrected chi connectivity index (χ3v) is 8.73. The van der Waals surface area contributed by atoms with Crippen molar-refractivity contribution in [2.24, 2.45) is 0 Å². The molecule has 1 aromatic carbocycles. The van der Waals surface area contributed by atoms with Crippen molar-refractivity contribution in [3.8, 4) is 0 Å². The van der Waals surface area contributed by atoms with E-state index in [1.807, 2.05) is 0 Å². The molecule has 1 saturated heterocycles. The first kappa shape index (κ1) is 39.3. The summed E-state index contributed by atoms with van der Waals surface area (Å²) >= 11 is 7.76. The number of carbonyl (C=O) groups is 3. The number of hydrogen-bond donors (Lipinski definition) is 0. The largest absolute Gasteiger partial charge is 0.509 e. The SMILES string of the molecule is CCCCCSc1nc(Cl)nc2c1ncn2[C@@H]1O[C@H](COC(Cc2ccccc2)(C(=O)OCC)C(=O)OCC)[C@@H](OC(=O)OC(C)(C)C)[C@@H]1F. The number of ether oxygens (including phenoxy) is 6. The van der Waals surface area contributed by atoms with Gasteiger partial charge in [-0.1, -0.05) is 50.1 Å². The van der Waals surface area contributed by atoms with Crippen LogP contribution in [0.15, 0.2) is 41.7 Å². The molecule has 1 aliphatic rings. The molecule has 1 aliphatic heterocycles. The first-order chi connectivity index (χ1) is 23.8. The van der Waals surface area contributed by atoms with Gasteiger partial charge in [0, 0.05) is 6.42 Å². The maximum absolute atomic E-state index is 16.6. The Morgan fingerprint density at radius 2 is 1.70 bits per heavy atom. The number of esters is 2. The number of aromatic nitrogens is 4. The Labute approximate surface area is 299 Å². The molecular weight excluding hydrogens is 695 g/mol. The molecule has 4 rings (SSSR count). The molecule has 0 spiro atoms. The van der Waals surface area contributed by atoms with Gasteiger partial charge in [0.25, 0.3) is 5.60 Å². The Morgan fingerprint density at radius 1 is 1.02 bits per heavy atom. The zero-order valence-electron chi connectivity index (χ0n) is 29.1. The van der Waals surface area contributed by atoms with Crippen LogP contribution in [0.3, 0.4) is 0 Å². The van der Waals surface area contributed by atoms with Gasteiger partial charge in [-0.15, -0.1) is 11.8 Å². The highest BCUT2D eigenvalue weighted by Crippen LogP contribution is 2.38. The highest BCUT2D eigenvalue weighted by atomic mass is 35.5. The number of fused-ring (bicyclic) bond motifs is 1. The Hall–Kier alpha value is -3.53. The lowest BCUT2D eigenvalue weighted by molar-refractivity contribution is -0.197.